The van der Waals surface area contributed by atoms with Gasteiger partial charge in [0.2, 0.25) is 6.79 Å². The lowest BCUT2D eigenvalue weighted by atomic mass is 9.75. The first-order valence-corrected chi connectivity index (χ1v) is 9.97. The van der Waals surface area contributed by atoms with Gasteiger partial charge in [-0.25, -0.2) is 0 Å². The largest absolute Gasteiger partial charge is 0.454 e. The number of fused-ring (bicyclic) bond motifs is 4. The molecule has 5 rings (SSSR count). The Morgan fingerprint density at radius 1 is 1.15 bits per heavy atom. The molecule has 2 heterocycles. The fourth-order valence-electron chi connectivity index (χ4n) is 4.73. The second-order valence-corrected chi connectivity index (χ2v) is 8.32. The van der Waals surface area contributed by atoms with Crippen molar-refractivity contribution in [1.82, 2.24) is 0 Å². The maximum atomic E-state index is 11.9. The minimum atomic E-state index is 0.111. The van der Waals surface area contributed by atoms with E-state index in [0.717, 1.165) is 28.0 Å². The van der Waals surface area contributed by atoms with Crippen LogP contribution in [0.4, 0.5) is 5.69 Å². The summed E-state index contributed by atoms with van der Waals surface area (Å²) in [6.07, 6.45) is 5.59. The fraction of sp³-hybridized carbons (Fsp3) is 0.318. The number of ketones is 1. The number of allylic oxidation sites excluding steroid dienone is 2. The Balaban J connectivity index is 1.64. The van der Waals surface area contributed by atoms with E-state index in [2.05, 4.69) is 58.2 Å². The lowest BCUT2D eigenvalue weighted by Crippen LogP contribution is -2.37. The molecule has 0 N–H and O–H groups in total. The number of rotatable bonds is 2. The van der Waals surface area contributed by atoms with Gasteiger partial charge in [0.1, 0.15) is 0 Å². The van der Waals surface area contributed by atoms with E-state index in [0.29, 0.717) is 11.8 Å². The number of nitrogens with zero attached hydrogens (tertiary/aromatic N) is 1. The third kappa shape index (κ3) is 2.52. The molecule has 27 heavy (non-hydrogen) atoms. The average molecular weight is 426 g/mol. The molecular formula is C22H20BrNO3. The third-order valence-electron chi connectivity index (χ3n) is 6.02. The van der Waals surface area contributed by atoms with Crippen molar-refractivity contribution in [2.75, 3.05) is 18.7 Å². The second kappa shape index (κ2) is 6.13. The molecule has 1 aliphatic carbocycles. The number of Topliss-reactive ketones (excluding diaryl/α,β-unsaturated/α-hetero) is 1. The molecule has 4 nitrogen and oxygen atoms in total. The van der Waals surface area contributed by atoms with Gasteiger partial charge in [0.15, 0.2) is 17.3 Å². The zero-order valence-corrected chi connectivity index (χ0v) is 16.8. The maximum absolute atomic E-state index is 11.9. The first-order valence-electron chi connectivity index (χ1n) is 9.18. The highest BCUT2D eigenvalue weighted by molar-refractivity contribution is 9.10. The van der Waals surface area contributed by atoms with Crippen molar-refractivity contribution in [3.05, 3.63) is 63.6 Å². The standard InChI is InChI=1S/C22H20BrNO3/c1-12(25)13-6-7-19-16(8-13)14-4-3-5-15(14)22(24(19)2)17-9-20-21(10-18(17)23)27-11-26-20/h3-4,6-10,14-15,22H,5,11H2,1-2H3/t14-,15+,22-/m1/s1. The van der Waals surface area contributed by atoms with Crippen molar-refractivity contribution >= 4 is 27.4 Å². The Morgan fingerprint density at radius 3 is 2.70 bits per heavy atom. The summed E-state index contributed by atoms with van der Waals surface area (Å²) in [4.78, 5) is 14.2. The van der Waals surface area contributed by atoms with Crippen LogP contribution in [0.2, 0.25) is 0 Å². The van der Waals surface area contributed by atoms with Crippen LogP contribution in [0.25, 0.3) is 0 Å². The quantitative estimate of drug-likeness (QED) is 0.487. The zero-order chi connectivity index (χ0) is 18.7. The summed E-state index contributed by atoms with van der Waals surface area (Å²) in [5.41, 5.74) is 4.42. The zero-order valence-electron chi connectivity index (χ0n) is 15.2. The molecule has 0 saturated carbocycles. The average Bonchev–Trinajstić information content (AvgIpc) is 3.30. The summed E-state index contributed by atoms with van der Waals surface area (Å²) in [5, 5.41) is 0. The van der Waals surface area contributed by atoms with E-state index in [-0.39, 0.29) is 18.6 Å². The Kier molecular flexibility index (Phi) is 3.83. The topological polar surface area (TPSA) is 38.8 Å². The fourth-order valence-corrected chi connectivity index (χ4v) is 5.29. The summed E-state index contributed by atoms with van der Waals surface area (Å²) in [6.45, 7) is 1.90. The monoisotopic (exact) mass is 425 g/mol. The van der Waals surface area contributed by atoms with Crippen LogP contribution in [0.15, 0.2) is 47.0 Å². The summed E-state index contributed by atoms with van der Waals surface area (Å²) >= 11 is 3.75. The summed E-state index contributed by atoms with van der Waals surface area (Å²) in [7, 11) is 2.14. The number of hydrogen-bond acceptors (Lipinski definition) is 4. The van der Waals surface area contributed by atoms with Crippen molar-refractivity contribution in [1.29, 1.82) is 0 Å². The van der Waals surface area contributed by atoms with Crippen molar-refractivity contribution in [3.63, 3.8) is 0 Å². The molecule has 3 atom stereocenters. The van der Waals surface area contributed by atoms with Gasteiger partial charge in [0, 0.05) is 28.7 Å². The molecule has 0 radical (unpaired) electrons. The number of halogens is 1. The van der Waals surface area contributed by atoms with Crippen molar-refractivity contribution in [2.45, 2.75) is 25.3 Å². The first-order chi connectivity index (χ1) is 13.0. The van der Waals surface area contributed by atoms with E-state index in [1.807, 2.05) is 12.1 Å². The van der Waals surface area contributed by atoms with Gasteiger partial charge >= 0.3 is 0 Å². The molecule has 3 aliphatic rings. The van der Waals surface area contributed by atoms with E-state index in [4.69, 9.17) is 9.47 Å². The van der Waals surface area contributed by atoms with E-state index >= 15 is 0 Å². The molecule has 2 aromatic carbocycles. The van der Waals surface area contributed by atoms with Crippen LogP contribution < -0.4 is 14.4 Å². The minimum absolute atomic E-state index is 0.111. The highest BCUT2D eigenvalue weighted by Crippen LogP contribution is 2.54. The molecule has 0 fully saturated rings. The molecule has 5 heteroatoms. The van der Waals surface area contributed by atoms with Crippen LogP contribution >= 0.6 is 15.9 Å². The van der Waals surface area contributed by atoms with Gasteiger partial charge in [0.05, 0.1) is 6.04 Å². The smallest absolute Gasteiger partial charge is 0.231 e. The molecule has 0 bridgehead atoms. The lowest BCUT2D eigenvalue weighted by molar-refractivity contribution is 0.101. The third-order valence-corrected chi connectivity index (χ3v) is 6.71. The van der Waals surface area contributed by atoms with Gasteiger partial charge in [-0.2, -0.15) is 0 Å². The summed E-state index contributed by atoms with van der Waals surface area (Å²) in [5.74, 6) is 2.44. The van der Waals surface area contributed by atoms with Gasteiger partial charge in [-0.15, -0.1) is 0 Å². The molecular weight excluding hydrogens is 406 g/mol. The predicted octanol–water partition coefficient (Wildman–Crippen LogP) is 5.23. The van der Waals surface area contributed by atoms with Gasteiger partial charge in [-0.05, 0) is 60.7 Å². The number of carbonyl (C=O) groups excluding carboxylic acids is 1. The van der Waals surface area contributed by atoms with E-state index < -0.39 is 0 Å². The highest BCUT2D eigenvalue weighted by atomic mass is 79.9. The Morgan fingerprint density at radius 2 is 1.93 bits per heavy atom. The number of anilines is 1. The SMILES string of the molecule is CC(=O)c1ccc2c(c1)[C@@H]1C=CC[C@@H]1[C@H](c1cc3c(cc1Br)OCO3)N2C. The number of hydrogen-bond donors (Lipinski definition) is 0. The van der Waals surface area contributed by atoms with Gasteiger partial charge < -0.3 is 14.4 Å². The van der Waals surface area contributed by atoms with E-state index in [1.54, 1.807) is 6.92 Å². The second-order valence-electron chi connectivity index (χ2n) is 7.47. The van der Waals surface area contributed by atoms with Crippen LogP contribution in [0.3, 0.4) is 0 Å². The highest BCUT2D eigenvalue weighted by Gasteiger charge is 2.42. The van der Waals surface area contributed by atoms with Gasteiger partial charge in [0.25, 0.3) is 0 Å². The molecule has 0 amide bonds. The number of ether oxygens (including phenoxy) is 2. The summed E-state index contributed by atoms with van der Waals surface area (Å²) < 4.78 is 12.2. The number of benzene rings is 2. The Bertz CT molecular complexity index is 984. The van der Waals surface area contributed by atoms with Crippen LogP contribution in [0.5, 0.6) is 11.5 Å². The van der Waals surface area contributed by atoms with E-state index in [1.165, 1.54) is 16.8 Å². The van der Waals surface area contributed by atoms with E-state index in [9.17, 15) is 4.79 Å². The van der Waals surface area contributed by atoms with Crippen LogP contribution in [0.1, 0.15) is 46.8 Å². The van der Waals surface area contributed by atoms with Crippen molar-refractivity contribution < 1.29 is 14.3 Å². The molecule has 0 aromatic heterocycles. The van der Waals surface area contributed by atoms with Crippen molar-refractivity contribution in [2.24, 2.45) is 5.92 Å². The molecule has 0 saturated heterocycles. The minimum Gasteiger partial charge on any atom is -0.454 e. The normalized spacial score (nSPS) is 24.7. The summed E-state index contributed by atoms with van der Waals surface area (Å²) in [6, 6.07) is 10.4. The van der Waals surface area contributed by atoms with Gasteiger partial charge in [-0.3, -0.25) is 4.79 Å². The Labute approximate surface area is 166 Å². The first kappa shape index (κ1) is 16.9. The Hall–Kier alpha value is -2.27. The number of carbonyl (C=O) groups is 1. The van der Waals surface area contributed by atoms with Gasteiger partial charge in [-0.1, -0.05) is 28.1 Å². The molecule has 138 valence electrons. The maximum Gasteiger partial charge on any atom is 0.231 e. The van der Waals surface area contributed by atoms with Crippen molar-refractivity contribution in [3.8, 4) is 11.5 Å². The molecule has 2 aliphatic heterocycles. The molecule has 0 unspecified atom stereocenters. The lowest BCUT2D eigenvalue weighted by Gasteiger charge is -2.44. The van der Waals surface area contributed by atoms with Crippen LogP contribution in [-0.2, 0) is 0 Å². The van der Waals surface area contributed by atoms with Crippen LogP contribution in [-0.4, -0.2) is 19.6 Å². The molecule has 2 aromatic rings. The van der Waals surface area contributed by atoms with Crippen LogP contribution in [0, 0.1) is 5.92 Å². The predicted molar refractivity (Wildman–Crippen MR) is 108 cm³/mol. The molecule has 0 spiro atoms.